The second-order valence-electron chi connectivity index (χ2n) is 6.55. The van der Waals surface area contributed by atoms with Gasteiger partial charge in [0.2, 0.25) is 0 Å². The highest BCUT2D eigenvalue weighted by atomic mass is 15.1. The topological polar surface area (TPSA) is 3.24 Å². The zero-order valence-corrected chi connectivity index (χ0v) is 14.4. The Labute approximate surface area is 143 Å². The molecule has 0 amide bonds. The second-order valence-corrected chi connectivity index (χ2v) is 6.55. The molecule has 0 spiro atoms. The minimum absolute atomic E-state index is 1.26. The minimum Gasteiger partial charge on any atom is -0.377 e. The van der Waals surface area contributed by atoms with Crippen molar-refractivity contribution in [1.29, 1.82) is 0 Å². The third kappa shape index (κ3) is 2.25. The normalized spacial score (nSPS) is 11.1. The zero-order chi connectivity index (χ0) is 16.7. The second kappa shape index (κ2) is 5.68. The van der Waals surface area contributed by atoms with Gasteiger partial charge >= 0.3 is 0 Å². The minimum atomic E-state index is 1.26. The van der Waals surface area contributed by atoms with E-state index in [1.54, 1.807) is 0 Å². The Balaban J connectivity index is 2.21. The summed E-state index contributed by atoms with van der Waals surface area (Å²) in [5.41, 5.74) is 5.24. The Morgan fingerprint density at radius 2 is 1.12 bits per heavy atom. The van der Waals surface area contributed by atoms with E-state index in [1.807, 2.05) is 0 Å². The Morgan fingerprint density at radius 1 is 0.583 bits per heavy atom. The van der Waals surface area contributed by atoms with Crippen LogP contribution >= 0.6 is 0 Å². The Morgan fingerprint density at radius 3 is 1.75 bits per heavy atom. The van der Waals surface area contributed by atoms with Crippen LogP contribution in [0.4, 0.5) is 5.69 Å². The van der Waals surface area contributed by atoms with Gasteiger partial charge in [0.25, 0.3) is 0 Å². The van der Waals surface area contributed by atoms with Gasteiger partial charge in [-0.1, -0.05) is 66.7 Å². The summed E-state index contributed by atoms with van der Waals surface area (Å²) in [6.07, 6.45) is 0. The number of fused-ring (bicyclic) bond motifs is 2. The monoisotopic (exact) mass is 311 g/mol. The third-order valence-electron chi connectivity index (χ3n) is 4.78. The Bertz CT molecular complexity index is 1040. The molecule has 118 valence electrons. The predicted octanol–water partition coefficient (Wildman–Crippen LogP) is 6.03. The van der Waals surface area contributed by atoms with Gasteiger partial charge in [-0.2, -0.15) is 0 Å². The molecule has 0 unspecified atom stereocenters. The molecule has 0 heterocycles. The number of rotatable bonds is 2. The molecule has 0 aliphatic heterocycles. The summed E-state index contributed by atoms with van der Waals surface area (Å²) in [5.74, 6) is 0. The van der Waals surface area contributed by atoms with E-state index in [-0.39, 0.29) is 0 Å². The molecule has 4 aromatic carbocycles. The van der Waals surface area contributed by atoms with E-state index in [9.17, 15) is 0 Å². The molecule has 0 fully saturated rings. The summed E-state index contributed by atoms with van der Waals surface area (Å²) in [7, 11) is 4.24. The predicted molar refractivity (Wildman–Crippen MR) is 106 cm³/mol. The number of hydrogen-bond donors (Lipinski definition) is 0. The van der Waals surface area contributed by atoms with Crippen molar-refractivity contribution in [2.75, 3.05) is 19.0 Å². The maximum atomic E-state index is 2.24. The van der Waals surface area contributed by atoms with Gasteiger partial charge in [0.15, 0.2) is 0 Å². The van der Waals surface area contributed by atoms with Crippen LogP contribution in [0.15, 0.2) is 72.8 Å². The van der Waals surface area contributed by atoms with Crippen molar-refractivity contribution in [2.45, 2.75) is 6.92 Å². The van der Waals surface area contributed by atoms with Gasteiger partial charge in [-0.3, -0.25) is 0 Å². The fourth-order valence-electron chi connectivity index (χ4n) is 3.61. The molecular formula is C23H21N. The lowest BCUT2D eigenvalue weighted by Gasteiger charge is -2.22. The van der Waals surface area contributed by atoms with Crippen LogP contribution < -0.4 is 4.90 Å². The highest BCUT2D eigenvalue weighted by Crippen LogP contribution is 2.41. The van der Waals surface area contributed by atoms with E-state index in [4.69, 9.17) is 0 Å². The molecule has 24 heavy (non-hydrogen) atoms. The molecule has 0 radical (unpaired) electrons. The number of nitrogens with zero attached hydrogens (tertiary/aromatic N) is 1. The summed E-state index contributed by atoms with van der Waals surface area (Å²) in [6.45, 7) is 2.21. The van der Waals surface area contributed by atoms with E-state index in [0.29, 0.717) is 0 Å². The zero-order valence-electron chi connectivity index (χ0n) is 14.4. The highest BCUT2D eigenvalue weighted by Gasteiger charge is 2.16. The van der Waals surface area contributed by atoms with Gasteiger partial charge in [0.1, 0.15) is 0 Å². The SMILES string of the molecule is Cc1ccc2ccccc2c1-c1c(N(C)C)ccc2ccccc12. The fraction of sp³-hybridized carbons (Fsp3) is 0.130. The van der Waals surface area contributed by atoms with Crippen molar-refractivity contribution in [1.82, 2.24) is 0 Å². The van der Waals surface area contributed by atoms with Gasteiger partial charge in [-0.15, -0.1) is 0 Å². The van der Waals surface area contributed by atoms with Crippen LogP contribution in [0.3, 0.4) is 0 Å². The summed E-state index contributed by atoms with van der Waals surface area (Å²) in [5, 5.41) is 5.20. The first-order valence-electron chi connectivity index (χ1n) is 8.34. The van der Waals surface area contributed by atoms with Crippen molar-refractivity contribution in [3.05, 3.63) is 78.4 Å². The molecule has 1 nitrogen and oxygen atoms in total. The Hall–Kier alpha value is -2.80. The molecular weight excluding hydrogens is 290 g/mol. The van der Waals surface area contributed by atoms with Gasteiger partial charge in [-0.25, -0.2) is 0 Å². The lowest BCUT2D eigenvalue weighted by molar-refractivity contribution is 1.14. The van der Waals surface area contributed by atoms with Gasteiger partial charge < -0.3 is 4.90 Å². The average molecular weight is 311 g/mol. The van der Waals surface area contributed by atoms with E-state index in [2.05, 4.69) is 98.7 Å². The summed E-state index contributed by atoms with van der Waals surface area (Å²) < 4.78 is 0. The molecule has 0 aromatic heterocycles. The molecule has 0 bridgehead atoms. The molecule has 4 rings (SSSR count). The van der Waals surface area contributed by atoms with Gasteiger partial charge in [0.05, 0.1) is 0 Å². The van der Waals surface area contributed by atoms with Crippen molar-refractivity contribution >= 4 is 27.2 Å². The van der Waals surface area contributed by atoms with E-state index >= 15 is 0 Å². The van der Waals surface area contributed by atoms with Crippen LogP contribution in [0, 0.1) is 6.92 Å². The van der Waals surface area contributed by atoms with Crippen molar-refractivity contribution in [3.8, 4) is 11.1 Å². The summed E-state index contributed by atoms with van der Waals surface area (Å²) in [4.78, 5) is 2.21. The van der Waals surface area contributed by atoms with Gasteiger partial charge in [-0.05, 0) is 45.7 Å². The summed E-state index contributed by atoms with van der Waals surface area (Å²) >= 11 is 0. The number of anilines is 1. The molecule has 4 aromatic rings. The standard InChI is InChI=1S/C23H21N/c1-16-12-13-17-8-4-6-10-19(17)22(16)23-20-11-7-5-9-18(20)14-15-21(23)24(2)3/h4-15H,1-3H3. The fourth-order valence-corrected chi connectivity index (χ4v) is 3.61. The first-order valence-corrected chi connectivity index (χ1v) is 8.34. The van der Waals surface area contributed by atoms with Crippen molar-refractivity contribution in [3.63, 3.8) is 0 Å². The third-order valence-corrected chi connectivity index (χ3v) is 4.78. The van der Waals surface area contributed by atoms with E-state index in [0.717, 1.165) is 0 Å². The Kier molecular flexibility index (Phi) is 3.50. The molecule has 0 saturated heterocycles. The van der Waals surface area contributed by atoms with Crippen LogP contribution in [0.25, 0.3) is 32.7 Å². The maximum absolute atomic E-state index is 2.24. The van der Waals surface area contributed by atoms with Gasteiger partial charge in [0, 0.05) is 25.3 Å². The number of hydrogen-bond acceptors (Lipinski definition) is 1. The number of benzene rings is 4. The lowest BCUT2D eigenvalue weighted by atomic mass is 9.89. The number of aryl methyl sites for hydroxylation is 1. The quantitative estimate of drug-likeness (QED) is 0.436. The average Bonchev–Trinajstić information content (AvgIpc) is 2.61. The largest absolute Gasteiger partial charge is 0.377 e. The van der Waals surface area contributed by atoms with E-state index < -0.39 is 0 Å². The van der Waals surface area contributed by atoms with Crippen molar-refractivity contribution in [2.24, 2.45) is 0 Å². The van der Waals surface area contributed by atoms with Crippen LogP contribution in [-0.4, -0.2) is 14.1 Å². The van der Waals surface area contributed by atoms with Crippen molar-refractivity contribution < 1.29 is 0 Å². The molecule has 0 aliphatic carbocycles. The molecule has 0 saturated carbocycles. The molecule has 0 N–H and O–H groups in total. The van der Waals surface area contributed by atoms with Crippen LogP contribution in [0.1, 0.15) is 5.56 Å². The summed E-state index contributed by atoms with van der Waals surface area (Å²) in [6, 6.07) is 26.2. The maximum Gasteiger partial charge on any atom is 0.0447 e. The lowest BCUT2D eigenvalue weighted by Crippen LogP contribution is -2.10. The highest BCUT2D eigenvalue weighted by molar-refractivity contribution is 6.10. The smallest absolute Gasteiger partial charge is 0.0447 e. The van der Waals surface area contributed by atoms with Crippen LogP contribution in [0.2, 0.25) is 0 Å². The molecule has 0 aliphatic rings. The van der Waals surface area contributed by atoms with Crippen LogP contribution in [-0.2, 0) is 0 Å². The molecule has 1 heteroatoms. The van der Waals surface area contributed by atoms with E-state index in [1.165, 1.54) is 43.9 Å². The first kappa shape index (κ1) is 14.8. The molecule has 0 atom stereocenters. The first-order chi connectivity index (χ1) is 11.7. The van der Waals surface area contributed by atoms with Crippen LogP contribution in [0.5, 0.6) is 0 Å².